The van der Waals surface area contributed by atoms with Crippen molar-refractivity contribution in [2.24, 2.45) is 5.73 Å². The van der Waals surface area contributed by atoms with Crippen LogP contribution in [0.3, 0.4) is 0 Å². The first-order chi connectivity index (χ1) is 7.65. The molecule has 0 radical (unpaired) electrons. The van der Waals surface area contributed by atoms with Gasteiger partial charge in [-0.2, -0.15) is 0 Å². The highest BCUT2D eigenvalue weighted by Gasteiger charge is 2.23. The Hall–Kier alpha value is -1.16. The molecule has 2 rings (SSSR count). The van der Waals surface area contributed by atoms with Crippen molar-refractivity contribution in [3.8, 4) is 5.88 Å². The molecule has 0 spiro atoms. The maximum atomic E-state index is 5.84. The lowest BCUT2D eigenvalue weighted by molar-refractivity contribution is 0.199. The summed E-state index contributed by atoms with van der Waals surface area (Å²) in [6.45, 7) is 4.22. The Morgan fingerprint density at radius 1 is 1.38 bits per heavy atom. The SMILES string of the molecule is CC(C)c1cc(OC2CCC(N)C2)ncn1. The lowest BCUT2D eigenvalue weighted by Gasteiger charge is -2.13. The molecule has 0 aromatic carbocycles. The first kappa shape index (κ1) is 11.3. The molecular weight excluding hydrogens is 202 g/mol. The van der Waals surface area contributed by atoms with Gasteiger partial charge in [0, 0.05) is 12.1 Å². The van der Waals surface area contributed by atoms with Gasteiger partial charge in [-0.25, -0.2) is 9.97 Å². The van der Waals surface area contributed by atoms with Crippen LogP contribution < -0.4 is 10.5 Å². The monoisotopic (exact) mass is 221 g/mol. The predicted molar refractivity (Wildman–Crippen MR) is 62.4 cm³/mol. The molecule has 4 nitrogen and oxygen atoms in total. The topological polar surface area (TPSA) is 61.0 Å². The fourth-order valence-electron chi connectivity index (χ4n) is 1.98. The number of hydrogen-bond donors (Lipinski definition) is 1. The van der Waals surface area contributed by atoms with Crippen LogP contribution in [-0.2, 0) is 0 Å². The Morgan fingerprint density at radius 3 is 2.81 bits per heavy atom. The van der Waals surface area contributed by atoms with Crippen LogP contribution in [0.15, 0.2) is 12.4 Å². The van der Waals surface area contributed by atoms with E-state index in [1.165, 1.54) is 0 Å². The first-order valence-electron chi connectivity index (χ1n) is 5.89. The van der Waals surface area contributed by atoms with Crippen LogP contribution >= 0.6 is 0 Å². The summed E-state index contributed by atoms with van der Waals surface area (Å²) < 4.78 is 5.81. The Bertz CT molecular complexity index is 354. The van der Waals surface area contributed by atoms with Crippen LogP contribution in [0.4, 0.5) is 0 Å². The van der Waals surface area contributed by atoms with Crippen LogP contribution in [0.25, 0.3) is 0 Å². The number of nitrogens with zero attached hydrogens (tertiary/aromatic N) is 2. The van der Waals surface area contributed by atoms with Crippen LogP contribution in [-0.4, -0.2) is 22.1 Å². The molecule has 88 valence electrons. The normalized spacial score (nSPS) is 25.0. The van der Waals surface area contributed by atoms with E-state index in [1.807, 2.05) is 6.07 Å². The lowest BCUT2D eigenvalue weighted by Crippen LogP contribution is -2.19. The Kier molecular flexibility index (Phi) is 3.39. The predicted octanol–water partition coefficient (Wildman–Crippen LogP) is 1.86. The van der Waals surface area contributed by atoms with Crippen molar-refractivity contribution in [2.45, 2.75) is 51.2 Å². The van der Waals surface area contributed by atoms with Crippen molar-refractivity contribution in [3.63, 3.8) is 0 Å². The van der Waals surface area contributed by atoms with Crippen LogP contribution in [0.2, 0.25) is 0 Å². The summed E-state index contributed by atoms with van der Waals surface area (Å²) in [5.41, 5.74) is 6.86. The van der Waals surface area contributed by atoms with E-state index >= 15 is 0 Å². The number of ether oxygens (including phenoxy) is 1. The van der Waals surface area contributed by atoms with Crippen LogP contribution in [0.1, 0.15) is 44.7 Å². The van der Waals surface area contributed by atoms with E-state index in [4.69, 9.17) is 10.5 Å². The zero-order valence-corrected chi connectivity index (χ0v) is 9.89. The fourth-order valence-corrected chi connectivity index (χ4v) is 1.98. The molecule has 1 aromatic rings. The molecule has 2 N–H and O–H groups in total. The molecule has 1 saturated carbocycles. The van der Waals surface area contributed by atoms with E-state index in [-0.39, 0.29) is 12.1 Å². The van der Waals surface area contributed by atoms with E-state index < -0.39 is 0 Å². The average molecular weight is 221 g/mol. The van der Waals surface area contributed by atoms with Gasteiger partial charge in [-0.1, -0.05) is 13.8 Å². The summed E-state index contributed by atoms with van der Waals surface area (Å²) in [4.78, 5) is 8.35. The maximum Gasteiger partial charge on any atom is 0.216 e. The highest BCUT2D eigenvalue weighted by molar-refractivity contribution is 5.16. The van der Waals surface area contributed by atoms with Gasteiger partial charge in [-0.15, -0.1) is 0 Å². The van der Waals surface area contributed by atoms with Gasteiger partial charge in [0.1, 0.15) is 12.4 Å². The molecule has 2 unspecified atom stereocenters. The summed E-state index contributed by atoms with van der Waals surface area (Å²) in [7, 11) is 0. The second-order valence-electron chi connectivity index (χ2n) is 4.75. The van der Waals surface area contributed by atoms with Crippen molar-refractivity contribution in [1.29, 1.82) is 0 Å². The zero-order chi connectivity index (χ0) is 11.5. The van der Waals surface area contributed by atoms with E-state index in [1.54, 1.807) is 6.33 Å². The summed E-state index contributed by atoms with van der Waals surface area (Å²) >= 11 is 0. The number of aromatic nitrogens is 2. The van der Waals surface area contributed by atoms with Gasteiger partial charge in [0.15, 0.2) is 0 Å². The Balaban J connectivity index is 2.01. The summed E-state index contributed by atoms with van der Waals surface area (Å²) in [5.74, 6) is 1.08. The molecule has 1 aliphatic rings. The summed E-state index contributed by atoms with van der Waals surface area (Å²) in [6.07, 6.45) is 4.81. The van der Waals surface area contributed by atoms with Crippen molar-refractivity contribution >= 4 is 0 Å². The number of rotatable bonds is 3. The zero-order valence-electron chi connectivity index (χ0n) is 9.89. The fraction of sp³-hybridized carbons (Fsp3) is 0.667. The third-order valence-corrected chi connectivity index (χ3v) is 2.97. The summed E-state index contributed by atoms with van der Waals surface area (Å²) in [6, 6.07) is 2.21. The number of hydrogen-bond acceptors (Lipinski definition) is 4. The van der Waals surface area contributed by atoms with Gasteiger partial charge >= 0.3 is 0 Å². The smallest absolute Gasteiger partial charge is 0.216 e. The van der Waals surface area contributed by atoms with E-state index in [9.17, 15) is 0 Å². The van der Waals surface area contributed by atoms with Gasteiger partial charge in [0.25, 0.3) is 0 Å². The maximum absolute atomic E-state index is 5.84. The van der Waals surface area contributed by atoms with Crippen molar-refractivity contribution in [1.82, 2.24) is 9.97 Å². The van der Waals surface area contributed by atoms with E-state index in [0.717, 1.165) is 25.0 Å². The summed E-state index contributed by atoms with van der Waals surface area (Å²) in [5, 5.41) is 0. The van der Waals surface area contributed by atoms with Crippen LogP contribution in [0.5, 0.6) is 5.88 Å². The van der Waals surface area contributed by atoms with Gasteiger partial charge in [0.05, 0.1) is 5.69 Å². The van der Waals surface area contributed by atoms with E-state index in [2.05, 4.69) is 23.8 Å². The minimum absolute atomic E-state index is 0.227. The van der Waals surface area contributed by atoms with Gasteiger partial charge in [0.2, 0.25) is 5.88 Å². The van der Waals surface area contributed by atoms with Gasteiger partial charge < -0.3 is 10.5 Å². The highest BCUT2D eigenvalue weighted by atomic mass is 16.5. The molecule has 0 amide bonds. The minimum atomic E-state index is 0.227. The Morgan fingerprint density at radius 2 is 2.19 bits per heavy atom. The quantitative estimate of drug-likeness (QED) is 0.846. The van der Waals surface area contributed by atoms with Crippen LogP contribution in [0, 0.1) is 0 Å². The molecule has 2 atom stereocenters. The molecule has 1 heterocycles. The molecule has 16 heavy (non-hydrogen) atoms. The third-order valence-electron chi connectivity index (χ3n) is 2.97. The second kappa shape index (κ2) is 4.78. The highest BCUT2D eigenvalue weighted by Crippen LogP contribution is 2.23. The Labute approximate surface area is 96.2 Å². The largest absolute Gasteiger partial charge is 0.474 e. The third kappa shape index (κ3) is 2.70. The lowest BCUT2D eigenvalue weighted by atomic mass is 10.1. The minimum Gasteiger partial charge on any atom is -0.474 e. The molecule has 4 heteroatoms. The molecule has 0 saturated heterocycles. The number of nitrogens with two attached hydrogens (primary N) is 1. The van der Waals surface area contributed by atoms with E-state index in [0.29, 0.717) is 11.8 Å². The van der Waals surface area contributed by atoms with Crippen molar-refractivity contribution < 1.29 is 4.74 Å². The molecule has 1 aliphatic carbocycles. The molecule has 0 bridgehead atoms. The second-order valence-corrected chi connectivity index (χ2v) is 4.75. The van der Waals surface area contributed by atoms with Crippen molar-refractivity contribution in [3.05, 3.63) is 18.1 Å². The van der Waals surface area contributed by atoms with Gasteiger partial charge in [-0.3, -0.25) is 0 Å². The average Bonchev–Trinajstić information content (AvgIpc) is 2.64. The first-order valence-corrected chi connectivity index (χ1v) is 5.89. The van der Waals surface area contributed by atoms with Gasteiger partial charge in [-0.05, 0) is 25.2 Å². The molecule has 1 aromatic heterocycles. The molecule has 0 aliphatic heterocycles. The van der Waals surface area contributed by atoms with Crippen molar-refractivity contribution in [2.75, 3.05) is 0 Å². The molecule has 1 fully saturated rings. The molecular formula is C12H19N3O. The standard InChI is InChI=1S/C12H19N3O/c1-8(2)11-6-12(15-7-14-11)16-10-4-3-9(13)5-10/h6-10H,3-5,13H2,1-2H3.